The number of aliphatic imine (C=N–C) groups is 1. The minimum Gasteiger partial charge on any atom is -0.374 e. The summed E-state index contributed by atoms with van der Waals surface area (Å²) in [7, 11) is 0. The van der Waals surface area contributed by atoms with Crippen molar-refractivity contribution in [2.45, 2.75) is 65.7 Å². The lowest BCUT2D eigenvalue weighted by Crippen LogP contribution is -2.35. The Kier molecular flexibility index (Phi) is 11.4. The molecule has 2 nitrogen and oxygen atoms in total. The Morgan fingerprint density at radius 2 is 1.74 bits per heavy atom. The van der Waals surface area contributed by atoms with Gasteiger partial charge in [0, 0.05) is 42.4 Å². The van der Waals surface area contributed by atoms with E-state index in [0.717, 1.165) is 50.2 Å². The molecule has 0 radical (unpaired) electrons. The molecule has 1 fully saturated rings. The van der Waals surface area contributed by atoms with Gasteiger partial charge in [0.25, 0.3) is 0 Å². The van der Waals surface area contributed by atoms with E-state index in [1.807, 2.05) is 0 Å². The van der Waals surface area contributed by atoms with Crippen molar-refractivity contribution in [3.05, 3.63) is 96.2 Å². The predicted octanol–water partition coefficient (Wildman–Crippen LogP) is 9.80. The molecule has 0 N–H and O–H groups in total. The van der Waals surface area contributed by atoms with E-state index in [4.69, 9.17) is 11.4 Å². The normalized spacial score (nSPS) is 16.6. The van der Waals surface area contributed by atoms with Gasteiger partial charge in [-0.3, -0.25) is 4.99 Å². The Morgan fingerprint density at radius 1 is 1.08 bits per heavy atom. The lowest BCUT2D eigenvalue weighted by molar-refractivity contribution is 0.239. The fourth-order valence-electron chi connectivity index (χ4n) is 5.14. The average Bonchev–Trinajstić information content (AvgIpc) is 2.96. The number of hydrogen-bond donors (Lipinski definition) is 0. The molecule has 38 heavy (non-hydrogen) atoms. The monoisotopic (exact) mass is 504 g/mol. The molecule has 4 rings (SSSR count). The molecule has 1 aliphatic rings. The second-order valence-electron chi connectivity index (χ2n) is 10.0. The van der Waals surface area contributed by atoms with E-state index in [1.54, 1.807) is 0 Å². The fraction of sp³-hybridized carbons (Fsp3) is 0.361. The first-order valence-electron chi connectivity index (χ1n) is 14.2. The Morgan fingerprint density at radius 3 is 2.37 bits per heavy atom. The maximum atomic E-state index is 5.77. The number of benzene rings is 3. The van der Waals surface area contributed by atoms with Crippen LogP contribution in [0.15, 0.2) is 90.1 Å². The van der Waals surface area contributed by atoms with Gasteiger partial charge in [0.1, 0.15) is 0 Å². The first-order valence-corrected chi connectivity index (χ1v) is 14.2. The molecule has 2 unspecified atom stereocenters. The van der Waals surface area contributed by atoms with Crippen LogP contribution in [0.25, 0.3) is 16.3 Å². The first kappa shape index (κ1) is 29.0. The third kappa shape index (κ3) is 7.48. The maximum Gasteiger partial charge on any atom is 0.0707 e. The number of terminal acetylenes is 1. The van der Waals surface area contributed by atoms with Crippen molar-refractivity contribution in [3.63, 3.8) is 0 Å². The Bertz CT molecular complexity index is 1280. The first-order chi connectivity index (χ1) is 18.6. The van der Waals surface area contributed by atoms with Crippen molar-refractivity contribution in [3.8, 4) is 12.3 Å². The molecule has 1 heterocycles. The third-order valence-electron chi connectivity index (χ3n) is 7.18. The molecule has 1 aliphatic heterocycles. The van der Waals surface area contributed by atoms with E-state index in [1.165, 1.54) is 33.9 Å². The van der Waals surface area contributed by atoms with Gasteiger partial charge in [-0.25, -0.2) is 0 Å². The zero-order valence-electron chi connectivity index (χ0n) is 23.8. The topological polar surface area (TPSA) is 15.6 Å². The van der Waals surface area contributed by atoms with E-state index in [2.05, 4.69) is 124 Å². The predicted molar refractivity (Wildman–Crippen MR) is 168 cm³/mol. The summed E-state index contributed by atoms with van der Waals surface area (Å²) in [6.07, 6.45) is 15.3. The number of fused-ring (bicyclic) bond motifs is 1. The van der Waals surface area contributed by atoms with Crippen molar-refractivity contribution in [2.24, 2.45) is 10.9 Å². The summed E-state index contributed by atoms with van der Waals surface area (Å²) in [5.74, 6) is 3.44. The molecule has 0 aliphatic carbocycles. The SMILES string of the molecule is C#CC1CCCN(C(=C)C(CC=Nc2cc3ccccc3cc2/C(=C\C)CC)c2ccccc2)C1.CCC. The number of hydrogen-bond acceptors (Lipinski definition) is 2. The van der Waals surface area contributed by atoms with Crippen molar-refractivity contribution in [1.82, 2.24) is 4.90 Å². The van der Waals surface area contributed by atoms with Crippen LogP contribution in [0.1, 0.15) is 76.8 Å². The van der Waals surface area contributed by atoms with Gasteiger partial charge < -0.3 is 4.90 Å². The molecule has 0 amide bonds. The highest BCUT2D eigenvalue weighted by Crippen LogP contribution is 2.35. The van der Waals surface area contributed by atoms with Crippen LogP contribution in [-0.2, 0) is 0 Å². The quantitative estimate of drug-likeness (QED) is 0.220. The van der Waals surface area contributed by atoms with Gasteiger partial charge in [-0.15, -0.1) is 12.3 Å². The van der Waals surface area contributed by atoms with E-state index >= 15 is 0 Å². The molecule has 0 aromatic heterocycles. The van der Waals surface area contributed by atoms with Crippen LogP contribution in [0.4, 0.5) is 5.69 Å². The summed E-state index contributed by atoms with van der Waals surface area (Å²) < 4.78 is 0. The molecule has 198 valence electrons. The van der Waals surface area contributed by atoms with E-state index in [-0.39, 0.29) is 5.92 Å². The minimum absolute atomic E-state index is 0.174. The Balaban J connectivity index is 0.00000127. The van der Waals surface area contributed by atoms with Crippen LogP contribution >= 0.6 is 0 Å². The summed E-state index contributed by atoms with van der Waals surface area (Å²) >= 11 is 0. The summed E-state index contributed by atoms with van der Waals surface area (Å²) in [6.45, 7) is 15.0. The van der Waals surface area contributed by atoms with E-state index in [0.29, 0.717) is 5.92 Å². The molecule has 1 saturated heterocycles. The van der Waals surface area contributed by atoms with Gasteiger partial charge in [-0.2, -0.15) is 0 Å². The van der Waals surface area contributed by atoms with Gasteiger partial charge in [0.15, 0.2) is 0 Å². The highest BCUT2D eigenvalue weighted by molar-refractivity contribution is 5.92. The molecule has 3 aromatic rings. The summed E-state index contributed by atoms with van der Waals surface area (Å²) in [5.41, 5.74) is 5.98. The van der Waals surface area contributed by atoms with Crippen molar-refractivity contribution < 1.29 is 0 Å². The molecule has 0 spiro atoms. The number of piperidine rings is 1. The van der Waals surface area contributed by atoms with Crippen molar-refractivity contribution in [2.75, 3.05) is 13.1 Å². The third-order valence-corrected chi connectivity index (χ3v) is 7.18. The second kappa shape index (κ2) is 15.0. The number of rotatable bonds is 8. The van der Waals surface area contributed by atoms with Crippen LogP contribution in [0.2, 0.25) is 0 Å². The lowest BCUT2D eigenvalue weighted by Gasteiger charge is -2.36. The zero-order valence-corrected chi connectivity index (χ0v) is 23.8. The van der Waals surface area contributed by atoms with E-state index in [9.17, 15) is 0 Å². The van der Waals surface area contributed by atoms with Gasteiger partial charge in [-0.1, -0.05) is 94.4 Å². The van der Waals surface area contributed by atoms with Crippen LogP contribution in [0, 0.1) is 18.3 Å². The molecular weight excluding hydrogens is 460 g/mol. The molecule has 0 saturated carbocycles. The summed E-state index contributed by atoms with van der Waals surface area (Å²) in [6, 6.07) is 23.7. The average molecular weight is 505 g/mol. The lowest BCUT2D eigenvalue weighted by atomic mass is 9.90. The van der Waals surface area contributed by atoms with Gasteiger partial charge in [0.2, 0.25) is 0 Å². The summed E-state index contributed by atoms with van der Waals surface area (Å²) in [5, 5.41) is 2.46. The van der Waals surface area contributed by atoms with Crippen LogP contribution < -0.4 is 0 Å². The number of nitrogens with zero attached hydrogens (tertiary/aromatic N) is 2. The number of likely N-dealkylation sites (tertiary alicyclic amines) is 1. The van der Waals surface area contributed by atoms with Gasteiger partial charge in [0.05, 0.1) is 5.69 Å². The fourth-order valence-corrected chi connectivity index (χ4v) is 5.14. The maximum absolute atomic E-state index is 5.77. The van der Waals surface area contributed by atoms with Crippen LogP contribution in [0.5, 0.6) is 0 Å². The highest BCUT2D eigenvalue weighted by Gasteiger charge is 2.24. The van der Waals surface area contributed by atoms with Crippen molar-refractivity contribution >= 4 is 28.2 Å². The molecule has 3 aromatic carbocycles. The molecule has 0 bridgehead atoms. The van der Waals surface area contributed by atoms with Crippen LogP contribution in [0.3, 0.4) is 0 Å². The van der Waals surface area contributed by atoms with Crippen molar-refractivity contribution in [1.29, 1.82) is 0 Å². The smallest absolute Gasteiger partial charge is 0.0707 e. The van der Waals surface area contributed by atoms with Gasteiger partial charge >= 0.3 is 0 Å². The van der Waals surface area contributed by atoms with Crippen LogP contribution in [-0.4, -0.2) is 24.2 Å². The minimum atomic E-state index is 0.174. The molecule has 2 atom stereocenters. The molecular formula is C36H44N2. The standard InChI is InChI=1S/C33H36N2.C3H8/c1-5-26-14-13-21-35(24-26)25(4)31(28-15-9-8-10-16-28)19-20-34-33-23-30-18-12-11-17-29(30)22-32(33)27(6-2)7-3;1-3-2/h1,6,8-12,15-18,20,22-23,26,31H,4,7,13-14,19,21,24H2,2-3H3;3H2,1-2H3/b27-6-,34-20?;. The largest absolute Gasteiger partial charge is 0.374 e. The summed E-state index contributed by atoms with van der Waals surface area (Å²) in [4.78, 5) is 7.44. The Hall–Kier alpha value is -3.57. The second-order valence-corrected chi connectivity index (χ2v) is 10.0. The molecule has 2 heteroatoms. The highest BCUT2D eigenvalue weighted by atomic mass is 15.1. The zero-order chi connectivity index (χ0) is 27.3. The number of allylic oxidation sites excluding steroid dienone is 3. The van der Waals surface area contributed by atoms with E-state index < -0.39 is 0 Å². The Labute approximate surface area is 231 Å². The van der Waals surface area contributed by atoms with Gasteiger partial charge in [-0.05, 0) is 66.6 Å².